The molecule has 0 saturated heterocycles. The molecule has 2 aromatic rings. The van der Waals surface area contributed by atoms with E-state index in [4.69, 9.17) is 0 Å². The van der Waals surface area contributed by atoms with E-state index in [2.05, 4.69) is 10.3 Å². The number of hydrogen-bond donors (Lipinski definition) is 1. The molecule has 0 saturated carbocycles. The summed E-state index contributed by atoms with van der Waals surface area (Å²) in [6.45, 7) is 5.67. The van der Waals surface area contributed by atoms with Crippen molar-refractivity contribution < 1.29 is 4.79 Å². The highest BCUT2D eigenvalue weighted by Crippen LogP contribution is 2.04. The van der Waals surface area contributed by atoms with Gasteiger partial charge in [-0.3, -0.25) is 14.6 Å². The molecular weight excluding hydrogens is 278 g/mol. The molecule has 5 heteroatoms. The van der Waals surface area contributed by atoms with Crippen molar-refractivity contribution in [1.29, 1.82) is 0 Å². The topological polar surface area (TPSA) is 64.0 Å². The van der Waals surface area contributed by atoms with Gasteiger partial charge >= 0.3 is 0 Å². The molecule has 0 radical (unpaired) electrons. The minimum absolute atomic E-state index is 0.0718. The normalized spacial score (nSPS) is 12.0. The first-order chi connectivity index (χ1) is 10.4. The number of amides is 1. The Morgan fingerprint density at radius 1 is 1.32 bits per heavy atom. The van der Waals surface area contributed by atoms with Crippen LogP contribution in [0.1, 0.15) is 34.5 Å². The van der Waals surface area contributed by atoms with Gasteiger partial charge in [0, 0.05) is 48.7 Å². The van der Waals surface area contributed by atoms with Crippen molar-refractivity contribution in [3.8, 4) is 0 Å². The van der Waals surface area contributed by atoms with Gasteiger partial charge in [-0.25, -0.2) is 0 Å². The Kier molecular flexibility index (Phi) is 4.75. The summed E-state index contributed by atoms with van der Waals surface area (Å²) in [7, 11) is 1.77. The SMILES string of the molecule is Cc1cccc(CC(C)NC(=O)c2cc(=O)cc(C)n2C)n1. The molecule has 0 aliphatic carbocycles. The highest BCUT2D eigenvalue weighted by atomic mass is 16.2. The first-order valence-corrected chi connectivity index (χ1v) is 7.28. The number of aryl methyl sites for hydroxylation is 2. The van der Waals surface area contributed by atoms with Crippen molar-refractivity contribution in [3.05, 3.63) is 63.3 Å². The molecule has 2 rings (SSSR count). The summed E-state index contributed by atoms with van der Waals surface area (Å²) in [6, 6.07) is 8.64. The summed E-state index contributed by atoms with van der Waals surface area (Å²) >= 11 is 0. The Bertz CT molecular complexity index is 750. The van der Waals surface area contributed by atoms with Gasteiger partial charge in [-0.2, -0.15) is 0 Å². The van der Waals surface area contributed by atoms with Gasteiger partial charge in [0.1, 0.15) is 5.69 Å². The maximum Gasteiger partial charge on any atom is 0.268 e. The van der Waals surface area contributed by atoms with Crippen LogP contribution in [0.3, 0.4) is 0 Å². The standard InChI is InChI=1S/C17H21N3O2/c1-11-6-5-7-14(18-11)8-12(2)19-17(22)16-10-15(21)9-13(3)20(16)4/h5-7,9-10,12H,8H2,1-4H3,(H,19,22). The van der Waals surface area contributed by atoms with Crippen molar-refractivity contribution in [1.82, 2.24) is 14.9 Å². The first kappa shape index (κ1) is 15.9. The van der Waals surface area contributed by atoms with Gasteiger partial charge in [-0.1, -0.05) is 6.07 Å². The highest BCUT2D eigenvalue weighted by molar-refractivity contribution is 5.92. The smallest absolute Gasteiger partial charge is 0.268 e. The molecule has 0 aromatic carbocycles. The fraction of sp³-hybridized carbons (Fsp3) is 0.353. The van der Waals surface area contributed by atoms with Crippen molar-refractivity contribution in [2.24, 2.45) is 7.05 Å². The predicted octanol–water partition coefficient (Wildman–Crippen LogP) is 1.76. The van der Waals surface area contributed by atoms with Crippen LogP contribution in [0.2, 0.25) is 0 Å². The average Bonchev–Trinajstić information content (AvgIpc) is 2.42. The van der Waals surface area contributed by atoms with Gasteiger partial charge in [0.2, 0.25) is 0 Å². The minimum atomic E-state index is -0.247. The molecule has 116 valence electrons. The van der Waals surface area contributed by atoms with Crippen LogP contribution in [0.25, 0.3) is 0 Å². The zero-order chi connectivity index (χ0) is 16.3. The van der Waals surface area contributed by atoms with E-state index >= 15 is 0 Å². The quantitative estimate of drug-likeness (QED) is 0.935. The third-order valence-corrected chi connectivity index (χ3v) is 3.59. The van der Waals surface area contributed by atoms with Gasteiger partial charge in [-0.05, 0) is 32.9 Å². The Morgan fingerprint density at radius 3 is 2.73 bits per heavy atom. The summed E-state index contributed by atoms with van der Waals surface area (Å²) < 4.78 is 1.72. The third kappa shape index (κ3) is 3.81. The third-order valence-electron chi connectivity index (χ3n) is 3.59. The van der Waals surface area contributed by atoms with E-state index in [1.54, 1.807) is 18.5 Å². The summed E-state index contributed by atoms with van der Waals surface area (Å²) in [6.07, 6.45) is 0.646. The predicted molar refractivity (Wildman–Crippen MR) is 86.0 cm³/mol. The zero-order valence-corrected chi connectivity index (χ0v) is 13.4. The van der Waals surface area contributed by atoms with Crippen LogP contribution in [-0.4, -0.2) is 21.5 Å². The van der Waals surface area contributed by atoms with Gasteiger partial charge in [-0.15, -0.1) is 0 Å². The number of nitrogens with zero attached hydrogens (tertiary/aromatic N) is 2. The van der Waals surface area contributed by atoms with E-state index in [0.717, 1.165) is 17.1 Å². The molecule has 1 atom stereocenters. The van der Waals surface area contributed by atoms with Crippen molar-refractivity contribution in [3.63, 3.8) is 0 Å². The van der Waals surface area contributed by atoms with E-state index in [1.807, 2.05) is 32.0 Å². The monoisotopic (exact) mass is 299 g/mol. The summed E-state index contributed by atoms with van der Waals surface area (Å²) in [5.41, 5.74) is 2.86. The lowest BCUT2D eigenvalue weighted by molar-refractivity contribution is 0.0930. The lowest BCUT2D eigenvalue weighted by Gasteiger charge is -2.16. The Balaban J connectivity index is 2.10. The van der Waals surface area contributed by atoms with Crippen molar-refractivity contribution >= 4 is 5.91 Å². The molecule has 0 fully saturated rings. The van der Waals surface area contributed by atoms with E-state index in [-0.39, 0.29) is 17.4 Å². The Hall–Kier alpha value is -2.43. The second-order valence-corrected chi connectivity index (χ2v) is 5.63. The van der Waals surface area contributed by atoms with E-state index in [9.17, 15) is 9.59 Å². The van der Waals surface area contributed by atoms with Crippen molar-refractivity contribution in [2.45, 2.75) is 33.2 Å². The molecule has 0 aliphatic heterocycles. The molecule has 22 heavy (non-hydrogen) atoms. The maximum absolute atomic E-state index is 12.3. The number of carbonyl (C=O) groups is 1. The molecule has 2 heterocycles. The van der Waals surface area contributed by atoms with Crippen molar-refractivity contribution in [2.75, 3.05) is 0 Å². The first-order valence-electron chi connectivity index (χ1n) is 7.28. The lowest BCUT2D eigenvalue weighted by atomic mass is 10.1. The second kappa shape index (κ2) is 6.56. The van der Waals surface area contributed by atoms with Crippen LogP contribution in [0.5, 0.6) is 0 Å². The fourth-order valence-electron chi connectivity index (χ4n) is 2.36. The molecule has 1 N–H and O–H groups in total. The zero-order valence-electron chi connectivity index (χ0n) is 13.4. The van der Waals surface area contributed by atoms with Crippen LogP contribution in [0.4, 0.5) is 0 Å². The number of pyridine rings is 2. The molecule has 0 bridgehead atoms. The fourth-order valence-corrected chi connectivity index (χ4v) is 2.36. The molecular formula is C17H21N3O2. The minimum Gasteiger partial charge on any atom is -0.348 e. The van der Waals surface area contributed by atoms with Gasteiger partial charge in [0.15, 0.2) is 5.43 Å². The number of rotatable bonds is 4. The maximum atomic E-state index is 12.3. The molecule has 0 aliphatic rings. The van der Waals surface area contributed by atoms with Gasteiger partial charge in [0.25, 0.3) is 5.91 Å². The summed E-state index contributed by atoms with van der Waals surface area (Å²) in [5.74, 6) is -0.247. The molecule has 1 unspecified atom stereocenters. The number of carbonyl (C=O) groups excluding carboxylic acids is 1. The van der Waals surface area contributed by atoms with Crippen LogP contribution in [0, 0.1) is 13.8 Å². The molecule has 1 amide bonds. The second-order valence-electron chi connectivity index (χ2n) is 5.63. The van der Waals surface area contributed by atoms with E-state index < -0.39 is 0 Å². The van der Waals surface area contributed by atoms with Crippen LogP contribution in [-0.2, 0) is 13.5 Å². The Labute approximate surface area is 130 Å². The molecule has 5 nitrogen and oxygen atoms in total. The van der Waals surface area contributed by atoms with E-state index in [1.165, 1.54) is 12.1 Å². The highest BCUT2D eigenvalue weighted by Gasteiger charge is 2.14. The largest absolute Gasteiger partial charge is 0.348 e. The summed E-state index contributed by atoms with van der Waals surface area (Å²) in [5, 5.41) is 2.92. The lowest BCUT2D eigenvalue weighted by Crippen LogP contribution is -2.36. The van der Waals surface area contributed by atoms with Gasteiger partial charge in [0.05, 0.1) is 0 Å². The van der Waals surface area contributed by atoms with Gasteiger partial charge < -0.3 is 9.88 Å². The number of hydrogen-bond acceptors (Lipinski definition) is 3. The molecule has 0 spiro atoms. The Morgan fingerprint density at radius 2 is 2.05 bits per heavy atom. The summed E-state index contributed by atoms with van der Waals surface area (Å²) in [4.78, 5) is 28.4. The van der Waals surface area contributed by atoms with Crippen LogP contribution >= 0.6 is 0 Å². The van der Waals surface area contributed by atoms with Crippen LogP contribution in [0.15, 0.2) is 35.1 Å². The number of aromatic nitrogens is 2. The molecule has 2 aromatic heterocycles. The van der Waals surface area contributed by atoms with E-state index in [0.29, 0.717) is 12.1 Å². The van der Waals surface area contributed by atoms with Crippen LogP contribution < -0.4 is 10.7 Å². The number of nitrogens with one attached hydrogen (secondary N) is 1. The average molecular weight is 299 g/mol.